The molecule has 0 atom stereocenters. The van der Waals surface area contributed by atoms with Gasteiger partial charge in [-0.2, -0.15) is 0 Å². The lowest BCUT2D eigenvalue weighted by Gasteiger charge is -2.19. The number of H-pyrrole nitrogens is 1. The molecule has 0 fully saturated rings. The molecule has 29 heavy (non-hydrogen) atoms. The molecule has 3 N–H and O–H groups in total. The summed E-state index contributed by atoms with van der Waals surface area (Å²) >= 11 is 0. The molecule has 0 radical (unpaired) electrons. The van der Waals surface area contributed by atoms with Crippen LogP contribution in [0.2, 0.25) is 0 Å². The first-order chi connectivity index (χ1) is 13.8. The number of carbonyl (C=O) groups excluding carboxylic acids is 1. The van der Waals surface area contributed by atoms with Crippen LogP contribution in [0.1, 0.15) is 21.5 Å². The molecule has 1 aromatic heterocycles. The van der Waals surface area contributed by atoms with E-state index in [4.69, 9.17) is 15.2 Å². The van der Waals surface area contributed by atoms with Crippen molar-refractivity contribution in [3.05, 3.63) is 57.4 Å². The molecule has 0 aliphatic rings. The molecule has 0 unspecified atom stereocenters. The number of aromatic amines is 1. The van der Waals surface area contributed by atoms with E-state index in [1.54, 1.807) is 38.3 Å². The summed E-state index contributed by atoms with van der Waals surface area (Å²) < 4.78 is 10.7. The summed E-state index contributed by atoms with van der Waals surface area (Å²) in [5, 5.41) is 0.467. The van der Waals surface area contributed by atoms with Gasteiger partial charge < -0.3 is 20.1 Å². The van der Waals surface area contributed by atoms with E-state index in [2.05, 4.69) is 9.97 Å². The van der Waals surface area contributed by atoms with Crippen molar-refractivity contribution in [2.45, 2.75) is 13.3 Å². The second-order valence-electron chi connectivity index (χ2n) is 6.76. The minimum absolute atomic E-state index is 0.244. The maximum atomic E-state index is 12.7. The number of hydrogen-bond donors (Lipinski definition) is 2. The predicted molar refractivity (Wildman–Crippen MR) is 112 cm³/mol. The number of aryl methyl sites for hydroxylation is 1. The minimum Gasteiger partial charge on any atom is -0.493 e. The molecular formula is C21H24N4O4. The Kier molecular flexibility index (Phi) is 5.72. The fourth-order valence-corrected chi connectivity index (χ4v) is 3.30. The number of aromatic nitrogens is 2. The first-order valence-corrected chi connectivity index (χ1v) is 9.11. The van der Waals surface area contributed by atoms with Crippen LogP contribution in [0, 0.1) is 6.92 Å². The average Bonchev–Trinajstić information content (AvgIpc) is 2.71. The fourth-order valence-electron chi connectivity index (χ4n) is 3.30. The van der Waals surface area contributed by atoms with Gasteiger partial charge in [0, 0.05) is 30.8 Å². The molecule has 0 saturated carbocycles. The van der Waals surface area contributed by atoms with Crippen LogP contribution in [0.3, 0.4) is 0 Å². The lowest BCUT2D eigenvalue weighted by molar-refractivity contribution is 0.1000. The zero-order valence-corrected chi connectivity index (χ0v) is 16.9. The number of fused-ring (bicyclic) bond motifs is 1. The largest absolute Gasteiger partial charge is 0.493 e. The van der Waals surface area contributed by atoms with E-state index in [-0.39, 0.29) is 5.56 Å². The highest BCUT2D eigenvalue weighted by atomic mass is 16.5. The van der Waals surface area contributed by atoms with Crippen molar-refractivity contribution in [1.29, 1.82) is 0 Å². The van der Waals surface area contributed by atoms with Crippen molar-refractivity contribution in [3.63, 3.8) is 0 Å². The Hall–Kier alpha value is -3.55. The highest BCUT2D eigenvalue weighted by Crippen LogP contribution is 2.35. The fraction of sp³-hybridized carbons (Fsp3) is 0.286. The normalized spacial score (nSPS) is 10.8. The Bertz CT molecular complexity index is 1120. The maximum absolute atomic E-state index is 12.7. The Morgan fingerprint density at radius 1 is 1.24 bits per heavy atom. The standard InChI is InChI=1S/C21H24N4O4/c1-12-17-15(11-16(28-3)18(12)29-4)23-21(24-20(17)27)25(2)9-8-13-6-5-7-14(10-13)19(22)26/h5-7,10-11H,8-9H2,1-4H3,(H2,22,26)(H,23,24,27). The molecule has 8 nitrogen and oxygen atoms in total. The monoisotopic (exact) mass is 396 g/mol. The molecule has 1 amide bonds. The van der Waals surface area contributed by atoms with Crippen molar-refractivity contribution in [1.82, 2.24) is 9.97 Å². The van der Waals surface area contributed by atoms with E-state index in [0.29, 0.717) is 52.4 Å². The van der Waals surface area contributed by atoms with E-state index >= 15 is 0 Å². The molecule has 3 aromatic rings. The summed E-state index contributed by atoms with van der Waals surface area (Å²) in [6.07, 6.45) is 0.657. The Labute approximate surface area is 168 Å². The quantitative estimate of drug-likeness (QED) is 0.632. The van der Waals surface area contributed by atoms with Gasteiger partial charge in [-0.3, -0.25) is 14.6 Å². The molecule has 0 saturated heterocycles. The third-order valence-corrected chi connectivity index (χ3v) is 4.88. The van der Waals surface area contributed by atoms with Crippen molar-refractivity contribution >= 4 is 22.8 Å². The molecule has 0 aliphatic heterocycles. The van der Waals surface area contributed by atoms with Crippen LogP contribution in [-0.2, 0) is 6.42 Å². The zero-order valence-electron chi connectivity index (χ0n) is 16.9. The summed E-state index contributed by atoms with van der Waals surface area (Å²) in [4.78, 5) is 33.3. The number of primary amides is 1. The highest BCUT2D eigenvalue weighted by Gasteiger charge is 2.17. The first kappa shape index (κ1) is 20.2. The van der Waals surface area contributed by atoms with Gasteiger partial charge in [0.05, 0.1) is 25.1 Å². The van der Waals surface area contributed by atoms with Gasteiger partial charge in [0.15, 0.2) is 11.5 Å². The van der Waals surface area contributed by atoms with Crippen LogP contribution < -0.4 is 25.7 Å². The number of methoxy groups -OCH3 is 2. The van der Waals surface area contributed by atoms with E-state index in [0.717, 1.165) is 5.56 Å². The predicted octanol–water partition coefficient (Wildman–Crippen LogP) is 2.03. The third-order valence-electron chi connectivity index (χ3n) is 4.88. The van der Waals surface area contributed by atoms with Crippen LogP contribution in [0.5, 0.6) is 11.5 Å². The number of amides is 1. The molecule has 0 spiro atoms. The molecule has 0 bridgehead atoms. The molecule has 8 heteroatoms. The third kappa shape index (κ3) is 4.01. The zero-order chi connectivity index (χ0) is 21.1. The number of carbonyl (C=O) groups is 1. The molecule has 1 heterocycles. The number of ether oxygens (including phenoxy) is 2. The van der Waals surface area contributed by atoms with Crippen LogP contribution in [0.25, 0.3) is 10.9 Å². The maximum Gasteiger partial charge on any atom is 0.260 e. The molecule has 0 aliphatic carbocycles. The van der Waals surface area contributed by atoms with E-state index in [9.17, 15) is 9.59 Å². The number of nitrogens with one attached hydrogen (secondary N) is 1. The summed E-state index contributed by atoms with van der Waals surface area (Å²) in [6, 6.07) is 8.88. The Morgan fingerprint density at radius 2 is 2.00 bits per heavy atom. The molecular weight excluding hydrogens is 372 g/mol. The molecule has 3 rings (SSSR count). The number of rotatable bonds is 7. The lowest BCUT2D eigenvalue weighted by atomic mass is 10.1. The van der Waals surface area contributed by atoms with Crippen molar-refractivity contribution in [3.8, 4) is 11.5 Å². The topological polar surface area (TPSA) is 111 Å². The smallest absolute Gasteiger partial charge is 0.260 e. The number of benzene rings is 2. The van der Waals surface area contributed by atoms with Gasteiger partial charge in [-0.05, 0) is 31.0 Å². The summed E-state index contributed by atoms with van der Waals surface area (Å²) in [7, 11) is 4.92. The van der Waals surface area contributed by atoms with E-state index in [1.165, 1.54) is 7.11 Å². The summed E-state index contributed by atoms with van der Waals surface area (Å²) in [5.41, 5.74) is 7.74. The molecule has 152 valence electrons. The van der Waals surface area contributed by atoms with Crippen molar-refractivity contribution < 1.29 is 14.3 Å². The van der Waals surface area contributed by atoms with Gasteiger partial charge in [-0.25, -0.2) is 4.98 Å². The van der Waals surface area contributed by atoms with Gasteiger partial charge >= 0.3 is 0 Å². The molecule has 2 aromatic carbocycles. The SMILES string of the molecule is COc1cc2nc(N(C)CCc3cccc(C(N)=O)c3)[nH]c(=O)c2c(C)c1OC. The van der Waals surface area contributed by atoms with Gasteiger partial charge in [0.25, 0.3) is 5.56 Å². The minimum atomic E-state index is -0.458. The number of anilines is 1. The van der Waals surface area contributed by atoms with E-state index < -0.39 is 5.91 Å². The Balaban J connectivity index is 1.90. The highest BCUT2D eigenvalue weighted by molar-refractivity contribution is 5.92. The van der Waals surface area contributed by atoms with Gasteiger partial charge in [0.1, 0.15) is 0 Å². The first-order valence-electron chi connectivity index (χ1n) is 9.11. The van der Waals surface area contributed by atoms with Crippen molar-refractivity contribution in [2.75, 3.05) is 32.7 Å². The summed E-state index contributed by atoms with van der Waals surface area (Å²) in [6.45, 7) is 2.39. The van der Waals surface area contributed by atoms with Crippen LogP contribution in [0.4, 0.5) is 5.95 Å². The average molecular weight is 396 g/mol. The van der Waals surface area contributed by atoms with E-state index in [1.807, 2.05) is 18.0 Å². The number of likely N-dealkylation sites (N-methyl/N-ethyl adjacent to an activating group) is 1. The second-order valence-corrected chi connectivity index (χ2v) is 6.76. The second kappa shape index (κ2) is 8.22. The number of hydrogen-bond acceptors (Lipinski definition) is 6. The van der Waals surface area contributed by atoms with Gasteiger partial charge in [0.2, 0.25) is 11.9 Å². The lowest BCUT2D eigenvalue weighted by Crippen LogP contribution is -2.25. The number of nitrogens with zero attached hydrogens (tertiary/aromatic N) is 2. The Morgan fingerprint density at radius 3 is 2.66 bits per heavy atom. The summed E-state index contributed by atoms with van der Waals surface area (Å²) in [5.74, 6) is 1.02. The number of nitrogens with two attached hydrogens (primary N) is 1. The van der Waals surface area contributed by atoms with Gasteiger partial charge in [-0.15, -0.1) is 0 Å². The van der Waals surface area contributed by atoms with Crippen molar-refractivity contribution in [2.24, 2.45) is 5.73 Å². The van der Waals surface area contributed by atoms with Gasteiger partial charge in [-0.1, -0.05) is 12.1 Å². The van der Waals surface area contributed by atoms with Crippen LogP contribution >= 0.6 is 0 Å². The van der Waals surface area contributed by atoms with Crippen LogP contribution in [0.15, 0.2) is 35.1 Å². The van der Waals surface area contributed by atoms with Crippen LogP contribution in [-0.4, -0.2) is 43.7 Å².